The molecule has 4 nitrogen and oxygen atoms in total. The fourth-order valence-corrected chi connectivity index (χ4v) is 3.66. The van der Waals surface area contributed by atoms with Crippen LogP contribution in [0.1, 0.15) is 13.0 Å². The Kier molecular flexibility index (Phi) is 4.44. The van der Waals surface area contributed by atoms with Crippen LogP contribution in [-0.4, -0.2) is 47.3 Å². The molecule has 0 radical (unpaired) electrons. The highest BCUT2D eigenvalue weighted by Crippen LogP contribution is 2.22. The maximum absolute atomic E-state index is 5.50. The summed E-state index contributed by atoms with van der Waals surface area (Å²) in [6, 6.07) is 6.78. The molecule has 1 aromatic carbocycles. The van der Waals surface area contributed by atoms with Gasteiger partial charge in [0.05, 0.1) is 24.2 Å². The van der Waals surface area contributed by atoms with E-state index in [1.807, 2.05) is 0 Å². The van der Waals surface area contributed by atoms with Gasteiger partial charge in [0.1, 0.15) is 0 Å². The Hall–Kier alpha value is -0.440. The third-order valence-corrected chi connectivity index (χ3v) is 4.72. The van der Waals surface area contributed by atoms with Gasteiger partial charge in [0.15, 0.2) is 4.77 Å². The predicted molar refractivity (Wildman–Crippen MR) is 91.8 cm³/mol. The number of morpholine rings is 1. The minimum absolute atomic E-state index is 0.356. The van der Waals surface area contributed by atoms with Crippen LogP contribution >= 0.6 is 34.8 Å². The Labute approximate surface area is 137 Å². The Bertz CT molecular complexity index is 660. The monoisotopic (exact) mass is 403 g/mol. The van der Waals surface area contributed by atoms with Gasteiger partial charge in [0, 0.05) is 29.2 Å². The number of hydrogen-bond donors (Lipinski definition) is 1. The number of imidazole rings is 1. The lowest BCUT2D eigenvalue weighted by atomic mass is 10.2. The van der Waals surface area contributed by atoms with Gasteiger partial charge in [-0.3, -0.25) is 4.90 Å². The lowest BCUT2D eigenvalue weighted by molar-refractivity contribution is 0.0327. The molecular weight excluding hydrogens is 385 g/mol. The zero-order valence-electron chi connectivity index (χ0n) is 11.4. The summed E-state index contributed by atoms with van der Waals surface area (Å²) in [4.78, 5) is 5.76. The topological polar surface area (TPSA) is 33.2 Å². The Morgan fingerprint density at radius 1 is 1.40 bits per heavy atom. The number of aromatic amines is 1. The van der Waals surface area contributed by atoms with E-state index in [2.05, 4.69) is 62.2 Å². The Morgan fingerprint density at radius 2 is 2.15 bits per heavy atom. The average Bonchev–Trinajstić information content (AvgIpc) is 2.74. The van der Waals surface area contributed by atoms with Gasteiger partial charge in [-0.15, -0.1) is 0 Å². The van der Waals surface area contributed by atoms with Gasteiger partial charge in [-0.2, -0.15) is 0 Å². The first-order valence-corrected chi connectivity index (χ1v) is 8.34. The number of H-pyrrole nitrogens is 1. The second-order valence-electron chi connectivity index (χ2n) is 5.22. The van der Waals surface area contributed by atoms with Crippen LogP contribution < -0.4 is 0 Å². The van der Waals surface area contributed by atoms with Gasteiger partial charge < -0.3 is 14.3 Å². The number of nitrogens with zero attached hydrogens (tertiary/aromatic N) is 2. The maximum atomic E-state index is 5.50. The van der Waals surface area contributed by atoms with Crippen molar-refractivity contribution in [3.05, 3.63) is 26.5 Å². The number of ether oxygens (including phenoxy) is 1. The molecule has 0 amide bonds. The number of hydrogen-bond acceptors (Lipinski definition) is 3. The number of nitrogens with one attached hydrogen (secondary N) is 1. The van der Waals surface area contributed by atoms with Gasteiger partial charge in [0.25, 0.3) is 0 Å². The van der Waals surface area contributed by atoms with E-state index in [0.29, 0.717) is 6.04 Å². The Morgan fingerprint density at radius 3 is 2.90 bits per heavy atom. The Balaban J connectivity index is 1.88. The molecule has 1 unspecified atom stereocenters. The summed E-state index contributed by atoms with van der Waals surface area (Å²) in [6.07, 6.45) is 0. The molecule has 1 atom stereocenters. The molecule has 2 aromatic rings. The van der Waals surface area contributed by atoms with E-state index >= 15 is 0 Å². The van der Waals surface area contributed by atoms with Crippen LogP contribution in [0, 0.1) is 8.34 Å². The van der Waals surface area contributed by atoms with Crippen LogP contribution in [0.5, 0.6) is 0 Å². The zero-order chi connectivity index (χ0) is 14.1. The van der Waals surface area contributed by atoms with Crippen molar-refractivity contribution in [2.75, 3.05) is 32.8 Å². The van der Waals surface area contributed by atoms with Crippen LogP contribution in [-0.2, 0) is 4.74 Å². The first-order valence-electron chi connectivity index (χ1n) is 6.85. The van der Waals surface area contributed by atoms with Crippen LogP contribution in [0.4, 0.5) is 0 Å². The van der Waals surface area contributed by atoms with Crippen molar-refractivity contribution in [1.82, 2.24) is 14.5 Å². The third-order valence-electron chi connectivity index (χ3n) is 3.75. The molecule has 20 heavy (non-hydrogen) atoms. The van der Waals surface area contributed by atoms with Crippen molar-refractivity contribution in [3.8, 4) is 0 Å². The second-order valence-corrected chi connectivity index (χ2v) is 6.86. The van der Waals surface area contributed by atoms with Crippen LogP contribution in [0.15, 0.2) is 18.2 Å². The van der Waals surface area contributed by atoms with Gasteiger partial charge in [-0.25, -0.2) is 0 Å². The molecule has 108 valence electrons. The van der Waals surface area contributed by atoms with Gasteiger partial charge in [-0.1, -0.05) is 0 Å². The van der Waals surface area contributed by atoms with E-state index < -0.39 is 0 Å². The number of benzene rings is 1. The van der Waals surface area contributed by atoms with E-state index in [1.54, 1.807) is 0 Å². The van der Waals surface area contributed by atoms with Crippen molar-refractivity contribution < 1.29 is 4.74 Å². The molecular formula is C14H18IN3OS. The fourth-order valence-electron chi connectivity index (χ4n) is 2.78. The summed E-state index contributed by atoms with van der Waals surface area (Å²) in [5.74, 6) is 0. The number of fused-ring (bicyclic) bond motifs is 1. The zero-order valence-corrected chi connectivity index (χ0v) is 14.4. The smallest absolute Gasteiger partial charge is 0.178 e. The van der Waals surface area contributed by atoms with Crippen molar-refractivity contribution >= 4 is 45.8 Å². The molecule has 0 aliphatic carbocycles. The number of aromatic nitrogens is 2. The fraction of sp³-hybridized carbons (Fsp3) is 0.500. The molecule has 1 aliphatic heterocycles. The highest BCUT2D eigenvalue weighted by Gasteiger charge is 2.17. The summed E-state index contributed by atoms with van der Waals surface area (Å²) in [6.45, 7) is 6.94. The third kappa shape index (κ3) is 2.93. The molecule has 1 aliphatic rings. The molecule has 0 saturated carbocycles. The summed E-state index contributed by atoms with van der Waals surface area (Å²) in [7, 11) is 0. The molecule has 0 bridgehead atoms. The highest BCUT2D eigenvalue weighted by molar-refractivity contribution is 14.1. The van der Waals surface area contributed by atoms with E-state index in [1.165, 1.54) is 9.09 Å². The van der Waals surface area contributed by atoms with Crippen molar-refractivity contribution in [2.24, 2.45) is 0 Å². The summed E-state index contributed by atoms with van der Waals surface area (Å²) >= 11 is 7.83. The average molecular weight is 403 g/mol. The number of rotatable bonds is 3. The van der Waals surface area contributed by atoms with Crippen LogP contribution in [0.25, 0.3) is 11.0 Å². The quantitative estimate of drug-likeness (QED) is 0.631. The minimum Gasteiger partial charge on any atom is -0.379 e. The van der Waals surface area contributed by atoms with Crippen LogP contribution in [0.2, 0.25) is 0 Å². The standard InChI is InChI=1S/C14H18IN3OS/c1-10(9-17-4-6-19-7-5-17)18-13-3-2-11(15)8-12(13)16-14(18)20/h2-3,8,10H,4-7,9H2,1H3,(H,16,20). The predicted octanol–water partition coefficient (Wildman–Crippen LogP) is 3.20. The minimum atomic E-state index is 0.356. The maximum Gasteiger partial charge on any atom is 0.178 e. The normalized spacial score (nSPS) is 18.5. The summed E-state index contributed by atoms with van der Waals surface area (Å²) in [5, 5.41) is 0. The molecule has 6 heteroatoms. The molecule has 2 heterocycles. The van der Waals surface area contributed by atoms with E-state index in [-0.39, 0.29) is 0 Å². The highest BCUT2D eigenvalue weighted by atomic mass is 127. The molecule has 1 fully saturated rings. The van der Waals surface area contributed by atoms with Gasteiger partial charge in [0.2, 0.25) is 0 Å². The molecule has 1 aromatic heterocycles. The second kappa shape index (κ2) is 6.13. The summed E-state index contributed by atoms with van der Waals surface area (Å²) in [5.41, 5.74) is 2.31. The van der Waals surface area contributed by atoms with Crippen LogP contribution in [0.3, 0.4) is 0 Å². The van der Waals surface area contributed by atoms with Crippen molar-refractivity contribution in [3.63, 3.8) is 0 Å². The molecule has 3 rings (SSSR count). The lowest BCUT2D eigenvalue weighted by Gasteiger charge is -2.29. The van der Waals surface area contributed by atoms with Gasteiger partial charge >= 0.3 is 0 Å². The van der Waals surface area contributed by atoms with E-state index in [4.69, 9.17) is 17.0 Å². The van der Waals surface area contributed by atoms with Crippen molar-refractivity contribution in [1.29, 1.82) is 0 Å². The van der Waals surface area contributed by atoms with Crippen molar-refractivity contribution in [2.45, 2.75) is 13.0 Å². The van der Waals surface area contributed by atoms with E-state index in [0.717, 1.165) is 43.1 Å². The largest absolute Gasteiger partial charge is 0.379 e. The first kappa shape index (κ1) is 14.5. The first-order chi connectivity index (χ1) is 9.65. The summed E-state index contributed by atoms with van der Waals surface area (Å²) < 4.78 is 9.67. The molecule has 1 saturated heterocycles. The van der Waals surface area contributed by atoms with E-state index in [9.17, 15) is 0 Å². The SMILES string of the molecule is CC(CN1CCOCC1)n1c(=S)[nH]c2cc(I)ccc21. The molecule has 0 spiro atoms. The molecule has 1 N–H and O–H groups in total. The number of halogens is 1. The lowest BCUT2D eigenvalue weighted by Crippen LogP contribution is -2.39. The van der Waals surface area contributed by atoms with Gasteiger partial charge in [-0.05, 0) is 59.9 Å².